The first kappa shape index (κ1) is 16.5. The Kier molecular flexibility index (Phi) is 4.50. The van der Waals surface area contributed by atoms with E-state index in [2.05, 4.69) is 10.3 Å². The van der Waals surface area contributed by atoms with Crippen LogP contribution in [0, 0.1) is 5.82 Å². The Morgan fingerprint density at radius 1 is 0.769 bits per heavy atom. The summed E-state index contributed by atoms with van der Waals surface area (Å²) < 4.78 is 15.0. The first-order valence-electron chi connectivity index (χ1n) is 8.34. The number of rotatable bonds is 5. The third-order valence-corrected chi connectivity index (χ3v) is 5.11. The predicted octanol–water partition coefficient (Wildman–Crippen LogP) is 5.69. The van der Waals surface area contributed by atoms with Gasteiger partial charge in [-0.05, 0) is 17.2 Å². The molecule has 4 rings (SSSR count). The lowest BCUT2D eigenvalue weighted by molar-refractivity contribution is 0.573. The third kappa shape index (κ3) is 2.89. The fourth-order valence-corrected chi connectivity index (χ4v) is 3.86. The monoisotopic (exact) mass is 360 g/mol. The van der Waals surface area contributed by atoms with Crippen molar-refractivity contribution in [3.8, 4) is 0 Å². The van der Waals surface area contributed by atoms with Crippen LogP contribution in [-0.2, 0) is 5.54 Å². The van der Waals surface area contributed by atoms with Crippen LogP contribution in [0.15, 0.2) is 96.5 Å². The van der Waals surface area contributed by atoms with Crippen molar-refractivity contribution in [2.75, 3.05) is 5.32 Å². The molecule has 0 aliphatic carbocycles. The fraction of sp³-hybridized carbons (Fsp3) is 0.0455. The highest BCUT2D eigenvalue weighted by Crippen LogP contribution is 2.41. The normalized spacial score (nSPS) is 11.3. The summed E-state index contributed by atoms with van der Waals surface area (Å²) in [4.78, 5) is 4.39. The summed E-state index contributed by atoms with van der Waals surface area (Å²) in [6, 6.07) is 26.8. The number of thiazole rings is 1. The molecule has 4 heteroatoms. The van der Waals surface area contributed by atoms with E-state index in [1.807, 2.05) is 78.2 Å². The molecule has 1 aromatic heterocycles. The van der Waals surface area contributed by atoms with Gasteiger partial charge in [-0.25, -0.2) is 9.37 Å². The zero-order valence-electron chi connectivity index (χ0n) is 14.0. The van der Waals surface area contributed by atoms with Gasteiger partial charge in [0.25, 0.3) is 0 Å². The molecule has 0 aliphatic heterocycles. The maximum Gasteiger partial charge on any atom is 0.183 e. The third-order valence-electron chi connectivity index (χ3n) is 4.42. The molecule has 2 nitrogen and oxygen atoms in total. The lowest BCUT2D eigenvalue weighted by Gasteiger charge is -2.37. The topological polar surface area (TPSA) is 24.9 Å². The van der Waals surface area contributed by atoms with E-state index in [-0.39, 0.29) is 5.82 Å². The minimum atomic E-state index is -0.883. The predicted molar refractivity (Wildman–Crippen MR) is 105 cm³/mol. The first-order chi connectivity index (χ1) is 12.8. The molecule has 0 unspecified atom stereocenters. The van der Waals surface area contributed by atoms with Gasteiger partial charge in [0.05, 0.1) is 0 Å². The number of halogens is 1. The van der Waals surface area contributed by atoms with E-state index in [4.69, 9.17) is 0 Å². The summed E-state index contributed by atoms with van der Waals surface area (Å²) in [6.07, 6.45) is 1.75. The maximum absolute atomic E-state index is 15.0. The molecule has 4 aromatic rings. The van der Waals surface area contributed by atoms with Crippen LogP contribution in [0.5, 0.6) is 0 Å². The molecule has 1 N–H and O–H groups in total. The van der Waals surface area contributed by atoms with Gasteiger partial charge >= 0.3 is 0 Å². The number of nitrogens with one attached hydrogen (secondary N) is 1. The molecule has 0 bridgehead atoms. The molecule has 128 valence electrons. The minimum Gasteiger partial charge on any atom is -0.344 e. The van der Waals surface area contributed by atoms with Crippen molar-refractivity contribution in [3.63, 3.8) is 0 Å². The van der Waals surface area contributed by atoms with Gasteiger partial charge in [-0.2, -0.15) is 0 Å². The number of anilines is 1. The van der Waals surface area contributed by atoms with E-state index in [9.17, 15) is 0 Å². The van der Waals surface area contributed by atoms with Gasteiger partial charge in [-0.15, -0.1) is 11.3 Å². The molecule has 0 radical (unpaired) electrons. The first-order valence-corrected chi connectivity index (χ1v) is 9.22. The van der Waals surface area contributed by atoms with Crippen molar-refractivity contribution in [1.82, 2.24) is 4.98 Å². The molecule has 0 atom stereocenters. The standard InChI is InChI=1S/C22H17FN2S/c23-20-14-8-7-13-19(20)22(17-9-3-1-4-10-17,18-11-5-2-6-12-18)25-21-24-15-16-26-21/h1-16H,(H,24,25). The summed E-state index contributed by atoms with van der Waals surface area (Å²) >= 11 is 1.49. The number of hydrogen-bond acceptors (Lipinski definition) is 3. The Labute approximate surface area is 156 Å². The van der Waals surface area contributed by atoms with Gasteiger partial charge in [0.2, 0.25) is 0 Å². The Hall–Kier alpha value is -2.98. The summed E-state index contributed by atoms with van der Waals surface area (Å²) in [6.45, 7) is 0. The highest BCUT2D eigenvalue weighted by Gasteiger charge is 2.39. The van der Waals surface area contributed by atoms with Crippen LogP contribution >= 0.6 is 11.3 Å². The number of hydrogen-bond donors (Lipinski definition) is 1. The molecule has 26 heavy (non-hydrogen) atoms. The largest absolute Gasteiger partial charge is 0.344 e. The lowest BCUT2D eigenvalue weighted by Crippen LogP contribution is -2.39. The van der Waals surface area contributed by atoms with Crippen LogP contribution in [0.2, 0.25) is 0 Å². The van der Waals surface area contributed by atoms with Crippen LogP contribution in [-0.4, -0.2) is 4.98 Å². The molecule has 0 spiro atoms. The SMILES string of the molecule is Fc1ccccc1C(Nc1nccs1)(c1ccccc1)c1ccccc1. The molecule has 0 amide bonds. The Bertz CT molecular complexity index is 930. The average Bonchev–Trinajstić information content (AvgIpc) is 3.21. The van der Waals surface area contributed by atoms with E-state index in [1.54, 1.807) is 12.3 Å². The van der Waals surface area contributed by atoms with Crippen molar-refractivity contribution in [2.45, 2.75) is 5.54 Å². The van der Waals surface area contributed by atoms with Crippen molar-refractivity contribution in [1.29, 1.82) is 0 Å². The summed E-state index contributed by atoms with van der Waals surface area (Å²) in [7, 11) is 0. The molecular weight excluding hydrogens is 343 g/mol. The second kappa shape index (κ2) is 7.10. The second-order valence-electron chi connectivity index (χ2n) is 5.92. The number of aromatic nitrogens is 1. The quantitative estimate of drug-likeness (QED) is 0.463. The van der Waals surface area contributed by atoms with E-state index in [1.165, 1.54) is 17.4 Å². The molecule has 3 aromatic carbocycles. The summed E-state index contributed by atoms with van der Waals surface area (Å²) in [5.41, 5.74) is 1.58. The number of nitrogens with zero attached hydrogens (tertiary/aromatic N) is 1. The zero-order valence-corrected chi connectivity index (χ0v) is 14.8. The van der Waals surface area contributed by atoms with Crippen molar-refractivity contribution < 1.29 is 4.39 Å². The van der Waals surface area contributed by atoms with Crippen LogP contribution in [0.3, 0.4) is 0 Å². The van der Waals surface area contributed by atoms with Gasteiger partial charge in [0, 0.05) is 17.1 Å². The summed E-state index contributed by atoms with van der Waals surface area (Å²) in [5, 5.41) is 6.17. The fourth-order valence-electron chi connectivity index (χ4n) is 3.28. The van der Waals surface area contributed by atoms with Gasteiger partial charge in [-0.3, -0.25) is 0 Å². The lowest BCUT2D eigenvalue weighted by atomic mass is 9.77. The van der Waals surface area contributed by atoms with Crippen LogP contribution in [0.4, 0.5) is 9.52 Å². The van der Waals surface area contributed by atoms with E-state index < -0.39 is 5.54 Å². The minimum absolute atomic E-state index is 0.260. The average molecular weight is 360 g/mol. The van der Waals surface area contributed by atoms with Crippen LogP contribution in [0.1, 0.15) is 16.7 Å². The Morgan fingerprint density at radius 2 is 1.35 bits per heavy atom. The zero-order chi connectivity index (χ0) is 17.8. The molecule has 0 aliphatic rings. The van der Waals surface area contributed by atoms with Gasteiger partial charge in [0.15, 0.2) is 5.13 Å². The summed E-state index contributed by atoms with van der Waals surface area (Å²) in [5.74, 6) is -0.260. The Morgan fingerprint density at radius 3 is 1.88 bits per heavy atom. The second-order valence-corrected chi connectivity index (χ2v) is 6.82. The van der Waals surface area contributed by atoms with Crippen LogP contribution < -0.4 is 5.32 Å². The molecular formula is C22H17FN2S. The van der Waals surface area contributed by atoms with Crippen molar-refractivity contribution in [2.24, 2.45) is 0 Å². The molecule has 0 saturated heterocycles. The van der Waals surface area contributed by atoms with Gasteiger partial charge in [-0.1, -0.05) is 78.9 Å². The van der Waals surface area contributed by atoms with Crippen LogP contribution in [0.25, 0.3) is 0 Å². The smallest absolute Gasteiger partial charge is 0.183 e. The highest BCUT2D eigenvalue weighted by molar-refractivity contribution is 7.13. The Balaban J connectivity index is 2.05. The van der Waals surface area contributed by atoms with Crippen molar-refractivity contribution in [3.05, 3.63) is 119 Å². The highest BCUT2D eigenvalue weighted by atomic mass is 32.1. The van der Waals surface area contributed by atoms with E-state index >= 15 is 4.39 Å². The molecule has 0 fully saturated rings. The molecule has 1 heterocycles. The van der Waals surface area contributed by atoms with E-state index in [0.29, 0.717) is 5.56 Å². The maximum atomic E-state index is 15.0. The van der Waals surface area contributed by atoms with Crippen molar-refractivity contribution >= 4 is 16.5 Å². The molecule has 0 saturated carbocycles. The van der Waals surface area contributed by atoms with Gasteiger partial charge in [0.1, 0.15) is 11.4 Å². The number of benzene rings is 3. The van der Waals surface area contributed by atoms with Gasteiger partial charge < -0.3 is 5.32 Å². The van der Waals surface area contributed by atoms with E-state index in [0.717, 1.165) is 16.3 Å².